The van der Waals surface area contributed by atoms with E-state index in [2.05, 4.69) is 10.3 Å². The van der Waals surface area contributed by atoms with Crippen LogP contribution in [0.1, 0.15) is 18.1 Å². The standard InChI is InChI=1S/C20H18ClN3O3/c1-13(25)24-19(26)18(11-15-5-3-4-6-17(15)21)23-20(24)22-12-14-7-9-16(27-2)10-8-14/h3-11H,12H2,1-2H3,(H,22,23). The van der Waals surface area contributed by atoms with E-state index in [9.17, 15) is 9.59 Å². The summed E-state index contributed by atoms with van der Waals surface area (Å²) < 4.78 is 5.13. The van der Waals surface area contributed by atoms with Gasteiger partial charge in [-0.3, -0.25) is 9.59 Å². The Balaban J connectivity index is 1.86. The van der Waals surface area contributed by atoms with Gasteiger partial charge >= 0.3 is 0 Å². The maximum Gasteiger partial charge on any atom is 0.283 e. The Hall–Kier alpha value is -3.12. The fourth-order valence-corrected chi connectivity index (χ4v) is 2.78. The van der Waals surface area contributed by atoms with Gasteiger partial charge in [0.05, 0.1) is 13.7 Å². The molecule has 1 aliphatic rings. The van der Waals surface area contributed by atoms with E-state index < -0.39 is 11.8 Å². The lowest BCUT2D eigenvalue weighted by Crippen LogP contribution is -2.36. The molecule has 6 nitrogen and oxygen atoms in total. The molecule has 27 heavy (non-hydrogen) atoms. The molecule has 1 N–H and O–H groups in total. The molecule has 2 aromatic carbocycles. The van der Waals surface area contributed by atoms with Crippen LogP contribution in [0.2, 0.25) is 5.02 Å². The highest BCUT2D eigenvalue weighted by molar-refractivity contribution is 6.32. The number of amides is 2. The number of rotatable bonds is 4. The van der Waals surface area contributed by atoms with Crippen LogP contribution in [0.4, 0.5) is 0 Å². The van der Waals surface area contributed by atoms with Gasteiger partial charge in [0, 0.05) is 11.9 Å². The molecule has 2 aromatic rings. The summed E-state index contributed by atoms with van der Waals surface area (Å²) in [5, 5.41) is 3.44. The van der Waals surface area contributed by atoms with E-state index in [1.165, 1.54) is 6.92 Å². The van der Waals surface area contributed by atoms with E-state index in [0.717, 1.165) is 16.2 Å². The summed E-state index contributed by atoms with van der Waals surface area (Å²) in [6.45, 7) is 1.63. The molecule has 1 heterocycles. The second-order valence-corrected chi connectivity index (χ2v) is 6.26. The van der Waals surface area contributed by atoms with Crippen molar-refractivity contribution in [1.82, 2.24) is 10.2 Å². The Labute approximate surface area is 162 Å². The number of halogens is 1. The summed E-state index contributed by atoms with van der Waals surface area (Å²) in [5.41, 5.74) is 1.84. The number of carbonyl (C=O) groups is 2. The van der Waals surface area contributed by atoms with Crippen molar-refractivity contribution in [2.24, 2.45) is 4.99 Å². The number of methoxy groups -OCH3 is 1. The third kappa shape index (κ3) is 4.17. The summed E-state index contributed by atoms with van der Waals surface area (Å²) in [4.78, 5) is 30.0. The smallest absolute Gasteiger partial charge is 0.283 e. The Kier molecular flexibility index (Phi) is 5.57. The molecule has 0 aromatic heterocycles. The Morgan fingerprint density at radius 2 is 1.93 bits per heavy atom. The minimum atomic E-state index is -0.462. The molecule has 138 valence electrons. The highest BCUT2D eigenvalue weighted by atomic mass is 35.5. The molecule has 0 bridgehead atoms. The summed E-state index contributed by atoms with van der Waals surface area (Å²) in [7, 11) is 1.60. The van der Waals surface area contributed by atoms with Crippen molar-refractivity contribution in [3.05, 3.63) is 70.4 Å². The fraction of sp³-hybridized carbons (Fsp3) is 0.150. The summed E-state index contributed by atoms with van der Waals surface area (Å²) in [5.74, 6) is 0.0666. The summed E-state index contributed by atoms with van der Waals surface area (Å²) in [6, 6.07) is 14.5. The van der Waals surface area contributed by atoms with Crippen LogP contribution in [0.15, 0.2) is 59.2 Å². The number of aliphatic imine (C=N–C) groups is 1. The van der Waals surface area contributed by atoms with E-state index in [-0.39, 0.29) is 11.7 Å². The van der Waals surface area contributed by atoms with Gasteiger partial charge in [0.15, 0.2) is 0 Å². The molecule has 7 heteroatoms. The number of hydrogen-bond acceptors (Lipinski definition) is 4. The zero-order valence-electron chi connectivity index (χ0n) is 14.9. The van der Waals surface area contributed by atoms with Crippen molar-refractivity contribution >= 4 is 35.5 Å². The van der Waals surface area contributed by atoms with E-state index in [0.29, 0.717) is 17.1 Å². The summed E-state index contributed by atoms with van der Waals surface area (Å²) >= 11 is 6.15. The normalized spacial score (nSPS) is 16.7. The number of carbonyl (C=O) groups excluding carboxylic acids is 2. The highest BCUT2D eigenvalue weighted by Gasteiger charge is 2.34. The fourth-order valence-electron chi connectivity index (χ4n) is 2.59. The topological polar surface area (TPSA) is 71.0 Å². The van der Waals surface area contributed by atoms with Crippen LogP contribution >= 0.6 is 11.6 Å². The lowest BCUT2D eigenvalue weighted by atomic mass is 10.2. The maximum absolute atomic E-state index is 12.6. The monoisotopic (exact) mass is 383 g/mol. The van der Waals surface area contributed by atoms with E-state index in [1.807, 2.05) is 30.3 Å². The number of ether oxygens (including phenoxy) is 1. The van der Waals surface area contributed by atoms with Gasteiger partial charge in [0.25, 0.3) is 5.91 Å². The molecule has 0 radical (unpaired) electrons. The highest BCUT2D eigenvalue weighted by Crippen LogP contribution is 2.21. The number of nitrogens with one attached hydrogen (secondary N) is 1. The van der Waals surface area contributed by atoms with Gasteiger partial charge < -0.3 is 10.1 Å². The van der Waals surface area contributed by atoms with Gasteiger partial charge in [0.2, 0.25) is 11.9 Å². The maximum atomic E-state index is 12.6. The Morgan fingerprint density at radius 3 is 2.56 bits per heavy atom. The van der Waals surface area contributed by atoms with Gasteiger partial charge in [-0.05, 0) is 35.4 Å². The number of nitrogens with zero attached hydrogens (tertiary/aromatic N) is 2. The van der Waals surface area contributed by atoms with Gasteiger partial charge in [-0.2, -0.15) is 0 Å². The second kappa shape index (κ2) is 8.05. The average molecular weight is 384 g/mol. The molecule has 2 amide bonds. The first kappa shape index (κ1) is 18.7. The van der Waals surface area contributed by atoms with Crippen LogP contribution in [0.3, 0.4) is 0 Å². The predicted octanol–water partition coefficient (Wildman–Crippen LogP) is 3.22. The van der Waals surface area contributed by atoms with E-state index in [4.69, 9.17) is 16.3 Å². The van der Waals surface area contributed by atoms with Crippen LogP contribution < -0.4 is 10.1 Å². The van der Waals surface area contributed by atoms with Gasteiger partial charge in [-0.1, -0.05) is 41.9 Å². The van der Waals surface area contributed by atoms with Gasteiger partial charge in [0.1, 0.15) is 11.4 Å². The van der Waals surface area contributed by atoms with Crippen LogP contribution in [-0.2, 0) is 16.1 Å². The first-order valence-electron chi connectivity index (χ1n) is 8.25. The second-order valence-electron chi connectivity index (χ2n) is 5.85. The predicted molar refractivity (Wildman–Crippen MR) is 104 cm³/mol. The minimum Gasteiger partial charge on any atom is -0.497 e. The molecule has 0 atom stereocenters. The third-order valence-corrected chi connectivity index (χ3v) is 4.33. The molecular formula is C20H18ClN3O3. The average Bonchev–Trinajstić information content (AvgIpc) is 2.98. The lowest BCUT2D eigenvalue weighted by Gasteiger charge is -2.10. The number of imide groups is 1. The molecule has 1 aliphatic heterocycles. The van der Waals surface area contributed by atoms with E-state index in [1.54, 1.807) is 31.4 Å². The van der Waals surface area contributed by atoms with Crippen molar-refractivity contribution in [3.8, 4) is 5.75 Å². The Morgan fingerprint density at radius 1 is 1.22 bits per heavy atom. The molecule has 1 saturated heterocycles. The largest absolute Gasteiger partial charge is 0.497 e. The SMILES string of the molecule is COc1ccc(CN=C2NC(=Cc3ccccc3Cl)C(=O)N2C(C)=O)cc1. The van der Waals surface area contributed by atoms with Crippen LogP contribution in [0, 0.1) is 0 Å². The number of hydrogen-bond donors (Lipinski definition) is 1. The van der Waals surface area contributed by atoms with Crippen LogP contribution in [0.5, 0.6) is 5.75 Å². The number of guanidine groups is 1. The number of benzene rings is 2. The van der Waals surface area contributed by atoms with Crippen molar-refractivity contribution in [2.45, 2.75) is 13.5 Å². The van der Waals surface area contributed by atoms with Crippen molar-refractivity contribution in [1.29, 1.82) is 0 Å². The van der Waals surface area contributed by atoms with Crippen molar-refractivity contribution in [2.75, 3.05) is 7.11 Å². The lowest BCUT2D eigenvalue weighted by molar-refractivity contribution is -0.135. The van der Waals surface area contributed by atoms with Gasteiger partial charge in [-0.15, -0.1) is 0 Å². The first-order chi connectivity index (χ1) is 13.0. The van der Waals surface area contributed by atoms with Gasteiger partial charge in [-0.25, -0.2) is 9.89 Å². The quantitative estimate of drug-likeness (QED) is 0.823. The van der Waals surface area contributed by atoms with E-state index >= 15 is 0 Å². The minimum absolute atomic E-state index is 0.196. The molecule has 1 fully saturated rings. The van der Waals surface area contributed by atoms with Crippen LogP contribution in [0.25, 0.3) is 6.08 Å². The van der Waals surface area contributed by atoms with Crippen molar-refractivity contribution < 1.29 is 14.3 Å². The molecule has 0 saturated carbocycles. The Bertz CT molecular complexity index is 936. The zero-order chi connectivity index (χ0) is 19.4. The molecule has 3 rings (SSSR count). The first-order valence-corrected chi connectivity index (χ1v) is 8.63. The zero-order valence-corrected chi connectivity index (χ0v) is 15.7. The molecular weight excluding hydrogens is 366 g/mol. The van der Waals surface area contributed by atoms with Crippen LogP contribution in [-0.4, -0.2) is 29.8 Å². The third-order valence-electron chi connectivity index (χ3n) is 3.98. The summed E-state index contributed by atoms with van der Waals surface area (Å²) in [6.07, 6.45) is 1.61. The molecule has 0 aliphatic carbocycles. The van der Waals surface area contributed by atoms with Crippen molar-refractivity contribution in [3.63, 3.8) is 0 Å². The molecule has 0 spiro atoms. The molecule has 0 unspecified atom stereocenters.